The second kappa shape index (κ2) is 8.47. The third-order valence-corrected chi connectivity index (χ3v) is 5.78. The standard InChI is InChI=1S/C22H26N2O4S/c1-6-28-21(26)22(3,4)24-17(11-12-27-5)23-19-18(20(24)25)16(13-29-19)15-9-7-14(2)8-10-15/h7-10,13H,6,11-12H2,1-5H3. The third-order valence-electron chi connectivity index (χ3n) is 4.90. The molecule has 3 rings (SSSR count). The Morgan fingerprint density at radius 3 is 2.55 bits per heavy atom. The van der Waals surface area contributed by atoms with Gasteiger partial charge in [-0.15, -0.1) is 11.3 Å². The summed E-state index contributed by atoms with van der Waals surface area (Å²) in [6.45, 7) is 7.79. The number of hydrogen-bond donors (Lipinski definition) is 0. The van der Waals surface area contributed by atoms with Crippen LogP contribution in [0, 0.1) is 6.92 Å². The first-order valence-corrected chi connectivity index (χ1v) is 10.5. The summed E-state index contributed by atoms with van der Waals surface area (Å²) in [5.74, 6) is 0.0498. The van der Waals surface area contributed by atoms with E-state index in [1.54, 1.807) is 27.9 Å². The molecule has 0 saturated carbocycles. The van der Waals surface area contributed by atoms with Gasteiger partial charge < -0.3 is 9.47 Å². The van der Waals surface area contributed by atoms with Crippen LogP contribution in [0.3, 0.4) is 0 Å². The molecule has 29 heavy (non-hydrogen) atoms. The van der Waals surface area contributed by atoms with Gasteiger partial charge in [0, 0.05) is 24.5 Å². The molecule has 0 bridgehead atoms. The zero-order chi connectivity index (χ0) is 21.2. The summed E-state index contributed by atoms with van der Waals surface area (Å²) >= 11 is 1.43. The molecular weight excluding hydrogens is 388 g/mol. The summed E-state index contributed by atoms with van der Waals surface area (Å²) in [6.07, 6.45) is 0.419. The molecule has 6 nitrogen and oxygen atoms in total. The number of carbonyl (C=O) groups excluding carboxylic acids is 1. The van der Waals surface area contributed by atoms with Crippen LogP contribution in [0.4, 0.5) is 0 Å². The van der Waals surface area contributed by atoms with Gasteiger partial charge in [0.15, 0.2) is 0 Å². The second-order valence-corrected chi connectivity index (χ2v) is 8.24. The van der Waals surface area contributed by atoms with Crippen LogP contribution in [-0.2, 0) is 26.2 Å². The van der Waals surface area contributed by atoms with Crippen molar-refractivity contribution in [2.45, 2.75) is 39.7 Å². The van der Waals surface area contributed by atoms with Crippen molar-refractivity contribution in [1.82, 2.24) is 9.55 Å². The number of fused-ring (bicyclic) bond motifs is 1. The van der Waals surface area contributed by atoms with Crippen LogP contribution in [0.5, 0.6) is 0 Å². The number of ether oxygens (including phenoxy) is 2. The highest BCUT2D eigenvalue weighted by atomic mass is 32.1. The van der Waals surface area contributed by atoms with E-state index in [2.05, 4.69) is 0 Å². The van der Waals surface area contributed by atoms with E-state index in [0.717, 1.165) is 16.7 Å². The molecule has 0 aliphatic rings. The zero-order valence-electron chi connectivity index (χ0n) is 17.4. The minimum atomic E-state index is -1.19. The van der Waals surface area contributed by atoms with Gasteiger partial charge in [-0.2, -0.15) is 0 Å². The Morgan fingerprint density at radius 2 is 1.93 bits per heavy atom. The van der Waals surface area contributed by atoms with E-state index in [9.17, 15) is 9.59 Å². The Morgan fingerprint density at radius 1 is 1.24 bits per heavy atom. The molecule has 0 N–H and O–H groups in total. The van der Waals surface area contributed by atoms with Gasteiger partial charge in [0.25, 0.3) is 5.56 Å². The smallest absolute Gasteiger partial charge is 0.331 e. The first-order chi connectivity index (χ1) is 13.8. The van der Waals surface area contributed by atoms with E-state index < -0.39 is 11.5 Å². The first-order valence-electron chi connectivity index (χ1n) is 9.58. The Kier molecular flexibility index (Phi) is 6.19. The van der Waals surface area contributed by atoms with Crippen molar-refractivity contribution in [3.05, 3.63) is 51.4 Å². The number of aryl methyl sites for hydroxylation is 1. The van der Waals surface area contributed by atoms with Gasteiger partial charge in [-0.05, 0) is 33.3 Å². The van der Waals surface area contributed by atoms with E-state index in [1.165, 1.54) is 15.9 Å². The highest BCUT2D eigenvalue weighted by molar-refractivity contribution is 7.17. The molecule has 3 aromatic rings. The van der Waals surface area contributed by atoms with Crippen molar-refractivity contribution >= 4 is 27.5 Å². The lowest BCUT2D eigenvalue weighted by Gasteiger charge is -2.27. The fourth-order valence-electron chi connectivity index (χ4n) is 3.32. The Labute approximate surface area is 174 Å². The number of rotatable bonds is 7. The van der Waals surface area contributed by atoms with Crippen LogP contribution in [0.2, 0.25) is 0 Å². The van der Waals surface area contributed by atoms with E-state index >= 15 is 0 Å². The number of thiophene rings is 1. The maximum Gasteiger partial charge on any atom is 0.331 e. The molecule has 0 spiro atoms. The third kappa shape index (κ3) is 3.97. The van der Waals surface area contributed by atoms with Crippen LogP contribution in [0.15, 0.2) is 34.4 Å². The first kappa shape index (κ1) is 21.2. The molecular formula is C22H26N2O4S. The molecule has 154 valence electrons. The number of benzene rings is 1. The van der Waals surface area contributed by atoms with Crippen molar-refractivity contribution in [3.8, 4) is 11.1 Å². The minimum Gasteiger partial charge on any atom is -0.464 e. The maximum absolute atomic E-state index is 13.7. The highest BCUT2D eigenvalue weighted by Gasteiger charge is 2.35. The molecule has 0 amide bonds. The second-order valence-electron chi connectivity index (χ2n) is 7.39. The Hall–Kier alpha value is -2.51. The van der Waals surface area contributed by atoms with Gasteiger partial charge in [0.2, 0.25) is 0 Å². The molecule has 0 radical (unpaired) electrons. The lowest BCUT2D eigenvalue weighted by molar-refractivity contribution is -0.152. The minimum absolute atomic E-state index is 0.240. The van der Waals surface area contributed by atoms with E-state index in [1.807, 2.05) is 36.6 Å². The largest absolute Gasteiger partial charge is 0.464 e. The molecule has 0 unspecified atom stereocenters. The monoisotopic (exact) mass is 414 g/mol. The summed E-state index contributed by atoms with van der Waals surface area (Å²) in [7, 11) is 1.60. The van der Waals surface area contributed by atoms with Crippen molar-refractivity contribution in [2.24, 2.45) is 0 Å². The van der Waals surface area contributed by atoms with Crippen molar-refractivity contribution in [2.75, 3.05) is 20.3 Å². The lowest BCUT2D eigenvalue weighted by Crippen LogP contribution is -2.46. The predicted octanol–water partition coefficient (Wildman–Crippen LogP) is 3.92. The van der Waals surface area contributed by atoms with Crippen LogP contribution < -0.4 is 5.56 Å². The summed E-state index contributed by atoms with van der Waals surface area (Å²) in [6, 6.07) is 8.02. The summed E-state index contributed by atoms with van der Waals surface area (Å²) in [5, 5.41) is 2.48. The predicted molar refractivity (Wildman–Crippen MR) is 116 cm³/mol. The van der Waals surface area contributed by atoms with Gasteiger partial charge in [-0.25, -0.2) is 9.78 Å². The summed E-state index contributed by atoms with van der Waals surface area (Å²) in [4.78, 5) is 31.7. The van der Waals surface area contributed by atoms with Gasteiger partial charge in [-0.1, -0.05) is 29.8 Å². The molecule has 2 heterocycles. The van der Waals surface area contributed by atoms with Crippen molar-refractivity contribution < 1.29 is 14.3 Å². The van der Waals surface area contributed by atoms with E-state index in [4.69, 9.17) is 14.5 Å². The van der Waals surface area contributed by atoms with E-state index in [0.29, 0.717) is 29.1 Å². The molecule has 0 saturated heterocycles. The lowest BCUT2D eigenvalue weighted by atomic mass is 10.0. The van der Waals surface area contributed by atoms with Gasteiger partial charge in [0.05, 0.1) is 18.6 Å². The van der Waals surface area contributed by atoms with Crippen LogP contribution in [0.1, 0.15) is 32.2 Å². The van der Waals surface area contributed by atoms with Crippen LogP contribution in [0.25, 0.3) is 21.3 Å². The molecule has 0 atom stereocenters. The number of aromatic nitrogens is 2. The average molecular weight is 415 g/mol. The average Bonchev–Trinajstić information content (AvgIpc) is 3.11. The van der Waals surface area contributed by atoms with Crippen LogP contribution in [-0.4, -0.2) is 35.8 Å². The van der Waals surface area contributed by atoms with Crippen molar-refractivity contribution in [3.63, 3.8) is 0 Å². The Balaban J connectivity index is 2.28. The maximum atomic E-state index is 13.7. The molecule has 0 aliphatic carbocycles. The number of carbonyl (C=O) groups is 1. The SMILES string of the molecule is CCOC(=O)C(C)(C)n1c(CCOC)nc2scc(-c3ccc(C)cc3)c2c1=O. The number of esters is 1. The van der Waals surface area contributed by atoms with E-state index in [-0.39, 0.29) is 12.2 Å². The Bertz CT molecular complexity index is 1080. The summed E-state index contributed by atoms with van der Waals surface area (Å²) < 4.78 is 11.9. The molecule has 1 aromatic carbocycles. The molecule has 0 aliphatic heterocycles. The fourth-order valence-corrected chi connectivity index (χ4v) is 4.27. The van der Waals surface area contributed by atoms with Gasteiger partial charge >= 0.3 is 5.97 Å². The van der Waals surface area contributed by atoms with Crippen molar-refractivity contribution in [1.29, 1.82) is 0 Å². The van der Waals surface area contributed by atoms with Gasteiger partial charge in [-0.3, -0.25) is 9.36 Å². The summed E-state index contributed by atoms with van der Waals surface area (Å²) in [5.41, 5.74) is 1.49. The normalized spacial score (nSPS) is 11.8. The number of nitrogens with zero attached hydrogens (tertiary/aromatic N) is 2. The van der Waals surface area contributed by atoms with Gasteiger partial charge in [0.1, 0.15) is 16.2 Å². The number of hydrogen-bond acceptors (Lipinski definition) is 6. The van der Waals surface area contributed by atoms with Crippen LogP contribution >= 0.6 is 11.3 Å². The zero-order valence-corrected chi connectivity index (χ0v) is 18.3. The highest BCUT2D eigenvalue weighted by Crippen LogP contribution is 2.32. The molecule has 7 heteroatoms. The molecule has 2 aromatic heterocycles. The quantitative estimate of drug-likeness (QED) is 0.548. The fraction of sp³-hybridized carbons (Fsp3) is 0.409. The number of methoxy groups -OCH3 is 1. The molecule has 0 fully saturated rings. The topological polar surface area (TPSA) is 70.4 Å².